The van der Waals surface area contributed by atoms with E-state index in [-0.39, 0.29) is 5.92 Å². The van der Waals surface area contributed by atoms with E-state index in [4.69, 9.17) is 0 Å². The van der Waals surface area contributed by atoms with Crippen molar-refractivity contribution >= 4 is 0 Å². The molecule has 1 saturated carbocycles. The number of benzene rings is 1. The molecule has 4 heteroatoms. The van der Waals surface area contributed by atoms with Crippen molar-refractivity contribution in [3.05, 3.63) is 48.5 Å². The molecule has 1 heterocycles. The molecule has 1 N–H and O–H groups in total. The van der Waals surface area contributed by atoms with Gasteiger partial charge >= 0.3 is 0 Å². The van der Waals surface area contributed by atoms with Gasteiger partial charge in [-0.15, -0.1) is 0 Å². The number of aromatic nitrogens is 3. The predicted octanol–water partition coefficient (Wildman–Crippen LogP) is 2.37. The molecule has 0 bridgehead atoms. The molecule has 2 aromatic rings. The van der Waals surface area contributed by atoms with Gasteiger partial charge in [-0.2, -0.15) is 5.10 Å². The molecule has 1 aliphatic rings. The van der Waals surface area contributed by atoms with Gasteiger partial charge in [0, 0.05) is 5.92 Å². The van der Waals surface area contributed by atoms with Crippen molar-refractivity contribution < 1.29 is 5.11 Å². The maximum absolute atomic E-state index is 11.1. The van der Waals surface area contributed by atoms with E-state index in [0.717, 1.165) is 19.3 Å². The highest BCUT2D eigenvalue weighted by Crippen LogP contribution is 2.41. The fourth-order valence-electron chi connectivity index (χ4n) is 3.17. The fourth-order valence-corrected chi connectivity index (χ4v) is 3.17. The highest BCUT2D eigenvalue weighted by atomic mass is 16.3. The standard InChI is InChI=1S/C15H19N3O/c19-15(10-18-12-16-11-17-18)9-5-4-8-14(15)13-6-2-1-3-7-13/h1-3,6-7,11-12,14,19H,4-5,8-10H2. The number of hydrogen-bond acceptors (Lipinski definition) is 3. The highest BCUT2D eigenvalue weighted by Gasteiger charge is 2.40. The summed E-state index contributed by atoms with van der Waals surface area (Å²) in [7, 11) is 0. The minimum Gasteiger partial charge on any atom is -0.387 e. The number of hydrogen-bond donors (Lipinski definition) is 1. The molecular weight excluding hydrogens is 238 g/mol. The lowest BCUT2D eigenvalue weighted by Crippen LogP contribution is -2.43. The average molecular weight is 257 g/mol. The van der Waals surface area contributed by atoms with Crippen LogP contribution in [0.2, 0.25) is 0 Å². The van der Waals surface area contributed by atoms with Gasteiger partial charge in [0.25, 0.3) is 0 Å². The second-order valence-corrected chi connectivity index (χ2v) is 5.41. The van der Waals surface area contributed by atoms with Gasteiger partial charge in [0.05, 0.1) is 12.1 Å². The zero-order valence-electron chi connectivity index (χ0n) is 10.9. The third kappa shape index (κ3) is 2.54. The molecule has 1 aromatic carbocycles. The fraction of sp³-hybridized carbons (Fsp3) is 0.467. The van der Waals surface area contributed by atoms with Crippen LogP contribution in [0.15, 0.2) is 43.0 Å². The van der Waals surface area contributed by atoms with E-state index < -0.39 is 5.60 Å². The Labute approximate surface area is 113 Å². The van der Waals surface area contributed by atoms with Gasteiger partial charge in [-0.3, -0.25) is 4.68 Å². The summed E-state index contributed by atoms with van der Waals surface area (Å²) in [5.41, 5.74) is 0.512. The Kier molecular flexibility index (Phi) is 3.34. The molecule has 19 heavy (non-hydrogen) atoms. The summed E-state index contributed by atoms with van der Waals surface area (Å²) < 4.78 is 1.74. The molecule has 1 fully saturated rings. The van der Waals surface area contributed by atoms with Crippen LogP contribution in [0.4, 0.5) is 0 Å². The van der Waals surface area contributed by atoms with E-state index in [1.165, 1.54) is 18.3 Å². The van der Waals surface area contributed by atoms with Crippen LogP contribution >= 0.6 is 0 Å². The van der Waals surface area contributed by atoms with Gasteiger partial charge in [-0.25, -0.2) is 4.98 Å². The average Bonchev–Trinajstić information content (AvgIpc) is 2.92. The lowest BCUT2D eigenvalue weighted by atomic mass is 9.72. The summed E-state index contributed by atoms with van der Waals surface area (Å²) >= 11 is 0. The Hall–Kier alpha value is -1.68. The molecule has 0 saturated heterocycles. The van der Waals surface area contributed by atoms with Gasteiger partial charge in [0.1, 0.15) is 12.7 Å². The molecule has 4 nitrogen and oxygen atoms in total. The first kappa shape index (κ1) is 12.4. The lowest BCUT2D eigenvalue weighted by molar-refractivity contribution is -0.0343. The quantitative estimate of drug-likeness (QED) is 0.918. The minimum atomic E-state index is -0.715. The molecule has 1 aliphatic carbocycles. The van der Waals surface area contributed by atoms with Gasteiger partial charge < -0.3 is 5.11 Å². The molecule has 0 radical (unpaired) electrons. The van der Waals surface area contributed by atoms with Crippen molar-refractivity contribution in [1.82, 2.24) is 14.8 Å². The summed E-state index contributed by atoms with van der Waals surface area (Å²) in [4.78, 5) is 3.96. The third-order valence-electron chi connectivity index (χ3n) is 4.11. The maximum Gasteiger partial charge on any atom is 0.137 e. The summed E-state index contributed by atoms with van der Waals surface area (Å²) in [6, 6.07) is 10.3. The topological polar surface area (TPSA) is 50.9 Å². The normalized spacial score (nSPS) is 27.3. The van der Waals surface area contributed by atoms with Gasteiger partial charge in [-0.05, 0) is 18.4 Å². The van der Waals surface area contributed by atoms with Crippen LogP contribution in [0.1, 0.15) is 37.2 Å². The van der Waals surface area contributed by atoms with Crippen LogP contribution in [0.25, 0.3) is 0 Å². The Morgan fingerprint density at radius 1 is 1.26 bits per heavy atom. The second-order valence-electron chi connectivity index (χ2n) is 5.41. The number of aliphatic hydroxyl groups is 1. The molecule has 0 aliphatic heterocycles. The summed E-state index contributed by atoms with van der Waals surface area (Å²) in [5, 5.41) is 15.2. The van der Waals surface area contributed by atoms with Crippen LogP contribution in [-0.2, 0) is 6.54 Å². The number of nitrogens with zero attached hydrogens (tertiary/aromatic N) is 3. The SMILES string of the molecule is OC1(Cn2cncn2)CCCCC1c1ccccc1. The number of rotatable bonds is 3. The van der Waals surface area contributed by atoms with E-state index in [0.29, 0.717) is 6.54 Å². The van der Waals surface area contributed by atoms with E-state index in [9.17, 15) is 5.11 Å². The molecule has 1 aromatic heterocycles. The van der Waals surface area contributed by atoms with E-state index in [1.807, 2.05) is 18.2 Å². The first-order chi connectivity index (χ1) is 9.28. The third-order valence-corrected chi connectivity index (χ3v) is 4.11. The van der Waals surface area contributed by atoms with Gasteiger partial charge in [0.15, 0.2) is 0 Å². The van der Waals surface area contributed by atoms with Crippen molar-refractivity contribution in [3.8, 4) is 0 Å². The molecule has 100 valence electrons. The smallest absolute Gasteiger partial charge is 0.137 e. The molecule has 3 rings (SSSR count). The van der Waals surface area contributed by atoms with Crippen LogP contribution in [0.5, 0.6) is 0 Å². The van der Waals surface area contributed by atoms with Crippen LogP contribution in [0, 0.1) is 0 Å². The molecule has 0 spiro atoms. The Morgan fingerprint density at radius 2 is 2.11 bits per heavy atom. The molecule has 2 unspecified atom stereocenters. The van der Waals surface area contributed by atoms with Crippen LogP contribution in [0.3, 0.4) is 0 Å². The van der Waals surface area contributed by atoms with Crippen molar-refractivity contribution in [3.63, 3.8) is 0 Å². The highest BCUT2D eigenvalue weighted by molar-refractivity contribution is 5.23. The van der Waals surface area contributed by atoms with Gasteiger partial charge in [0.2, 0.25) is 0 Å². The largest absolute Gasteiger partial charge is 0.387 e. The maximum atomic E-state index is 11.1. The van der Waals surface area contributed by atoms with E-state index in [2.05, 4.69) is 22.2 Å². The molecule has 0 amide bonds. The van der Waals surface area contributed by atoms with Crippen LogP contribution < -0.4 is 0 Å². The van der Waals surface area contributed by atoms with Gasteiger partial charge in [-0.1, -0.05) is 43.2 Å². The lowest BCUT2D eigenvalue weighted by Gasteiger charge is -2.40. The Bertz CT molecular complexity index is 511. The zero-order valence-corrected chi connectivity index (χ0v) is 10.9. The van der Waals surface area contributed by atoms with Crippen molar-refractivity contribution in [1.29, 1.82) is 0 Å². The van der Waals surface area contributed by atoms with E-state index >= 15 is 0 Å². The van der Waals surface area contributed by atoms with Crippen LogP contribution in [-0.4, -0.2) is 25.5 Å². The van der Waals surface area contributed by atoms with Crippen molar-refractivity contribution in [2.45, 2.75) is 43.7 Å². The van der Waals surface area contributed by atoms with E-state index in [1.54, 1.807) is 11.0 Å². The zero-order chi connectivity index (χ0) is 13.1. The Morgan fingerprint density at radius 3 is 2.84 bits per heavy atom. The molecule has 2 atom stereocenters. The molecular formula is C15H19N3O. The first-order valence-corrected chi connectivity index (χ1v) is 6.88. The van der Waals surface area contributed by atoms with Crippen molar-refractivity contribution in [2.24, 2.45) is 0 Å². The first-order valence-electron chi connectivity index (χ1n) is 6.88. The monoisotopic (exact) mass is 257 g/mol. The summed E-state index contributed by atoms with van der Waals surface area (Å²) in [6.45, 7) is 0.520. The predicted molar refractivity (Wildman–Crippen MR) is 72.6 cm³/mol. The second kappa shape index (κ2) is 5.13. The van der Waals surface area contributed by atoms with Crippen molar-refractivity contribution in [2.75, 3.05) is 0 Å². The summed E-state index contributed by atoms with van der Waals surface area (Å²) in [5.74, 6) is 0.187. The minimum absolute atomic E-state index is 0.187. The summed E-state index contributed by atoms with van der Waals surface area (Å²) in [6.07, 6.45) is 7.31. The Balaban J connectivity index is 1.88.